The lowest BCUT2D eigenvalue weighted by Gasteiger charge is -2.22. The monoisotopic (exact) mass is 211 g/mol. The average Bonchev–Trinajstić information content (AvgIpc) is 2.18. The Morgan fingerprint density at radius 3 is 3.14 bits per heavy atom. The zero-order valence-corrected chi connectivity index (χ0v) is 8.86. The smallest absolute Gasteiger partial charge is 0.251 e. The summed E-state index contributed by atoms with van der Waals surface area (Å²) in [6, 6.07) is 1.81. The predicted octanol–water partition coefficient (Wildman–Crippen LogP) is 0.456. The summed E-state index contributed by atoms with van der Waals surface area (Å²) in [6.45, 7) is 2.80. The third-order valence-corrected chi connectivity index (χ3v) is 3.22. The second kappa shape index (κ2) is 4.14. The molecule has 0 bridgehead atoms. The van der Waals surface area contributed by atoms with Crippen molar-refractivity contribution in [3.8, 4) is 0 Å². The second-order valence-corrected chi connectivity index (χ2v) is 4.49. The van der Waals surface area contributed by atoms with Gasteiger partial charge in [0.15, 0.2) is 0 Å². The highest BCUT2D eigenvalue weighted by Gasteiger charge is 2.16. The first-order chi connectivity index (χ1) is 6.75. The summed E-state index contributed by atoms with van der Waals surface area (Å²) in [5.41, 5.74) is 0.795. The number of aromatic nitrogens is 2. The Hall–Kier alpha value is -0.810. The van der Waals surface area contributed by atoms with Crippen LogP contribution in [-0.4, -0.2) is 28.0 Å². The molecule has 0 amide bonds. The van der Waals surface area contributed by atoms with E-state index in [4.69, 9.17) is 0 Å². The van der Waals surface area contributed by atoms with Crippen LogP contribution in [0.5, 0.6) is 0 Å². The van der Waals surface area contributed by atoms with Gasteiger partial charge in [0.25, 0.3) is 5.56 Å². The van der Waals surface area contributed by atoms with Crippen LogP contribution >= 0.6 is 11.8 Å². The van der Waals surface area contributed by atoms with Gasteiger partial charge in [-0.3, -0.25) is 4.79 Å². The number of hydrogen-bond donors (Lipinski definition) is 2. The highest BCUT2D eigenvalue weighted by atomic mass is 32.2. The maximum absolute atomic E-state index is 11.2. The highest BCUT2D eigenvalue weighted by Crippen LogP contribution is 2.18. The van der Waals surface area contributed by atoms with E-state index in [2.05, 4.69) is 15.3 Å². The molecule has 1 saturated heterocycles. The number of rotatable bonds is 1. The van der Waals surface area contributed by atoms with Crippen molar-refractivity contribution >= 4 is 11.8 Å². The molecule has 5 heteroatoms. The minimum absolute atomic E-state index is 0.0649. The number of thioether (sulfide) groups is 1. The second-order valence-electron chi connectivity index (χ2n) is 3.34. The van der Waals surface area contributed by atoms with E-state index in [1.54, 1.807) is 13.0 Å². The van der Waals surface area contributed by atoms with Crippen LogP contribution in [-0.2, 0) is 0 Å². The first kappa shape index (κ1) is 9.73. The van der Waals surface area contributed by atoms with Gasteiger partial charge in [0.1, 0.15) is 5.82 Å². The summed E-state index contributed by atoms with van der Waals surface area (Å²) in [5, 5.41) is 3.35. The van der Waals surface area contributed by atoms with Gasteiger partial charge < -0.3 is 10.3 Å². The van der Waals surface area contributed by atoms with E-state index in [1.165, 1.54) is 0 Å². The Morgan fingerprint density at radius 1 is 1.64 bits per heavy atom. The Kier molecular flexibility index (Phi) is 2.88. The van der Waals surface area contributed by atoms with Crippen molar-refractivity contribution in [1.29, 1.82) is 0 Å². The molecule has 0 spiro atoms. The quantitative estimate of drug-likeness (QED) is 0.708. The van der Waals surface area contributed by atoms with Crippen LogP contribution in [0.2, 0.25) is 0 Å². The number of H-pyrrole nitrogens is 1. The van der Waals surface area contributed by atoms with Gasteiger partial charge >= 0.3 is 0 Å². The van der Waals surface area contributed by atoms with Crippen molar-refractivity contribution in [1.82, 2.24) is 15.3 Å². The molecule has 14 heavy (non-hydrogen) atoms. The lowest BCUT2D eigenvalue weighted by atomic mass is 10.2. The normalized spacial score (nSPS) is 22.2. The Balaban J connectivity index is 2.26. The molecule has 0 aromatic carbocycles. The highest BCUT2D eigenvalue weighted by molar-refractivity contribution is 7.99. The van der Waals surface area contributed by atoms with Crippen LogP contribution < -0.4 is 10.9 Å². The number of nitrogens with zero attached hydrogens (tertiary/aromatic N) is 1. The lowest BCUT2D eigenvalue weighted by molar-refractivity contribution is 0.576. The Bertz CT molecular complexity index is 371. The van der Waals surface area contributed by atoms with Gasteiger partial charge in [-0.05, 0) is 6.92 Å². The molecule has 76 valence electrons. The van der Waals surface area contributed by atoms with Crippen molar-refractivity contribution in [3.05, 3.63) is 27.9 Å². The summed E-state index contributed by atoms with van der Waals surface area (Å²) in [5.74, 6) is 2.82. The van der Waals surface area contributed by atoms with Crippen LogP contribution in [0.4, 0.5) is 0 Å². The fourth-order valence-electron chi connectivity index (χ4n) is 1.54. The molecular weight excluding hydrogens is 198 g/mol. The number of hydrogen-bond acceptors (Lipinski definition) is 4. The summed E-state index contributed by atoms with van der Waals surface area (Å²) in [4.78, 5) is 18.2. The molecule has 4 nitrogen and oxygen atoms in total. The molecule has 1 aromatic heterocycles. The van der Waals surface area contributed by atoms with Gasteiger partial charge in [0.05, 0.1) is 11.7 Å². The van der Waals surface area contributed by atoms with Crippen LogP contribution in [0.15, 0.2) is 10.9 Å². The van der Waals surface area contributed by atoms with Gasteiger partial charge in [-0.2, -0.15) is 11.8 Å². The van der Waals surface area contributed by atoms with E-state index in [0.717, 1.165) is 23.7 Å². The first-order valence-electron chi connectivity index (χ1n) is 4.65. The molecule has 1 fully saturated rings. The van der Waals surface area contributed by atoms with Gasteiger partial charge in [-0.15, -0.1) is 0 Å². The van der Waals surface area contributed by atoms with E-state index in [-0.39, 0.29) is 11.6 Å². The third kappa shape index (κ3) is 2.16. The molecule has 0 saturated carbocycles. The van der Waals surface area contributed by atoms with E-state index in [9.17, 15) is 4.79 Å². The minimum Gasteiger partial charge on any atom is -0.311 e. The van der Waals surface area contributed by atoms with Crippen LogP contribution in [0, 0.1) is 6.92 Å². The van der Waals surface area contributed by atoms with Gasteiger partial charge in [0.2, 0.25) is 0 Å². The Labute approximate surface area is 86.5 Å². The maximum Gasteiger partial charge on any atom is 0.251 e. The maximum atomic E-state index is 11.2. The van der Waals surface area contributed by atoms with Gasteiger partial charge in [-0.1, -0.05) is 0 Å². The third-order valence-electron chi connectivity index (χ3n) is 2.16. The molecule has 1 unspecified atom stereocenters. The summed E-state index contributed by atoms with van der Waals surface area (Å²) >= 11 is 1.89. The van der Waals surface area contributed by atoms with E-state index in [0.29, 0.717) is 5.82 Å². The molecule has 2 heterocycles. The van der Waals surface area contributed by atoms with Crippen LogP contribution in [0.25, 0.3) is 0 Å². The van der Waals surface area contributed by atoms with E-state index < -0.39 is 0 Å². The van der Waals surface area contributed by atoms with Crippen molar-refractivity contribution < 1.29 is 0 Å². The predicted molar refractivity (Wildman–Crippen MR) is 57.7 cm³/mol. The molecule has 2 N–H and O–H groups in total. The molecule has 1 atom stereocenters. The number of nitrogens with one attached hydrogen (secondary N) is 2. The number of aryl methyl sites for hydroxylation is 1. The summed E-state index contributed by atoms with van der Waals surface area (Å²) in [7, 11) is 0. The zero-order chi connectivity index (χ0) is 9.97. The topological polar surface area (TPSA) is 57.8 Å². The number of aromatic amines is 1. The van der Waals surface area contributed by atoms with Crippen molar-refractivity contribution in [2.45, 2.75) is 13.0 Å². The largest absolute Gasteiger partial charge is 0.311 e. The van der Waals surface area contributed by atoms with E-state index in [1.807, 2.05) is 11.8 Å². The van der Waals surface area contributed by atoms with Crippen LogP contribution in [0.1, 0.15) is 17.6 Å². The summed E-state index contributed by atoms with van der Waals surface area (Å²) < 4.78 is 0. The first-order valence-corrected chi connectivity index (χ1v) is 5.80. The fraction of sp³-hybridized carbons (Fsp3) is 0.556. The van der Waals surface area contributed by atoms with Crippen LogP contribution in [0.3, 0.4) is 0 Å². The fourth-order valence-corrected chi connectivity index (χ4v) is 2.49. The Morgan fingerprint density at radius 2 is 2.50 bits per heavy atom. The molecular formula is C9H13N3OS. The van der Waals surface area contributed by atoms with Crippen molar-refractivity contribution in [2.24, 2.45) is 0 Å². The molecule has 2 rings (SSSR count). The van der Waals surface area contributed by atoms with Gasteiger partial charge in [0, 0.05) is 24.1 Å². The average molecular weight is 211 g/mol. The van der Waals surface area contributed by atoms with Gasteiger partial charge in [-0.25, -0.2) is 4.98 Å². The van der Waals surface area contributed by atoms with Crippen molar-refractivity contribution in [3.63, 3.8) is 0 Å². The summed E-state index contributed by atoms with van der Waals surface area (Å²) in [6.07, 6.45) is 0. The molecule has 1 aliphatic rings. The van der Waals surface area contributed by atoms with Crippen molar-refractivity contribution in [2.75, 3.05) is 18.1 Å². The minimum atomic E-state index is -0.0649. The molecule has 0 radical (unpaired) electrons. The molecule has 1 aliphatic heterocycles. The molecule has 0 aliphatic carbocycles. The SMILES string of the molecule is Cc1nc(C2CSCCN2)cc(=O)[nH]1. The standard InChI is InChI=1S/C9H13N3OS/c1-6-11-7(4-9(13)12-6)8-5-14-3-2-10-8/h4,8,10H,2-3,5H2,1H3,(H,11,12,13). The zero-order valence-electron chi connectivity index (χ0n) is 8.04. The lowest BCUT2D eigenvalue weighted by Crippen LogP contribution is -2.32. The van der Waals surface area contributed by atoms with E-state index >= 15 is 0 Å². The molecule has 1 aromatic rings.